The van der Waals surface area contributed by atoms with E-state index in [1.807, 2.05) is 6.07 Å². The largest absolute Gasteiger partial charge is 0.371 e. The number of hydrogen-bond acceptors (Lipinski definition) is 2. The second-order valence-corrected chi connectivity index (χ2v) is 5.63. The summed E-state index contributed by atoms with van der Waals surface area (Å²) in [5, 5.41) is 0. The Hall–Kier alpha value is -1.12. The van der Waals surface area contributed by atoms with Crippen molar-refractivity contribution < 1.29 is 4.39 Å². The van der Waals surface area contributed by atoms with E-state index in [2.05, 4.69) is 30.7 Å². The number of halogens is 1. The SMILES string of the molecule is CC(C)(C)C1CCN(c2ccnc(F)c2)C1. The Balaban J connectivity index is 2.09. The lowest BCUT2D eigenvalue weighted by Gasteiger charge is -2.27. The molecule has 1 aliphatic rings. The van der Waals surface area contributed by atoms with E-state index >= 15 is 0 Å². The molecule has 88 valence electrons. The first-order chi connectivity index (χ1) is 7.47. The van der Waals surface area contributed by atoms with Crippen molar-refractivity contribution in [2.24, 2.45) is 11.3 Å². The van der Waals surface area contributed by atoms with Gasteiger partial charge in [0, 0.05) is 31.0 Å². The average Bonchev–Trinajstić information content (AvgIpc) is 2.65. The molecule has 0 bridgehead atoms. The molecule has 1 aliphatic heterocycles. The summed E-state index contributed by atoms with van der Waals surface area (Å²) in [6.45, 7) is 8.86. The third-order valence-electron chi connectivity index (χ3n) is 3.49. The molecule has 1 fully saturated rings. The summed E-state index contributed by atoms with van der Waals surface area (Å²) >= 11 is 0. The van der Waals surface area contributed by atoms with Crippen molar-refractivity contribution in [3.05, 3.63) is 24.3 Å². The Kier molecular flexibility index (Phi) is 2.87. The molecule has 0 spiro atoms. The van der Waals surface area contributed by atoms with Crippen molar-refractivity contribution in [3.63, 3.8) is 0 Å². The number of aromatic nitrogens is 1. The van der Waals surface area contributed by atoms with Gasteiger partial charge in [-0.2, -0.15) is 4.39 Å². The topological polar surface area (TPSA) is 16.1 Å². The second-order valence-electron chi connectivity index (χ2n) is 5.63. The van der Waals surface area contributed by atoms with Gasteiger partial charge in [0.25, 0.3) is 0 Å². The van der Waals surface area contributed by atoms with Crippen LogP contribution in [-0.4, -0.2) is 18.1 Å². The molecular formula is C13H19FN2. The van der Waals surface area contributed by atoms with Crippen LogP contribution in [0.4, 0.5) is 10.1 Å². The fraction of sp³-hybridized carbons (Fsp3) is 0.615. The van der Waals surface area contributed by atoms with Crippen molar-refractivity contribution in [2.45, 2.75) is 27.2 Å². The maximum atomic E-state index is 13.0. The minimum atomic E-state index is -0.392. The van der Waals surface area contributed by atoms with Gasteiger partial charge in [-0.1, -0.05) is 20.8 Å². The van der Waals surface area contributed by atoms with Crippen molar-refractivity contribution in [1.29, 1.82) is 0 Å². The molecular weight excluding hydrogens is 203 g/mol. The zero-order chi connectivity index (χ0) is 11.8. The summed E-state index contributed by atoms with van der Waals surface area (Å²) < 4.78 is 13.0. The minimum absolute atomic E-state index is 0.334. The van der Waals surface area contributed by atoms with Crippen LogP contribution in [0.15, 0.2) is 18.3 Å². The van der Waals surface area contributed by atoms with Crippen LogP contribution >= 0.6 is 0 Å². The van der Waals surface area contributed by atoms with Gasteiger partial charge in [-0.3, -0.25) is 0 Å². The highest BCUT2D eigenvalue weighted by molar-refractivity contribution is 5.46. The monoisotopic (exact) mass is 222 g/mol. The highest BCUT2D eigenvalue weighted by atomic mass is 19.1. The van der Waals surface area contributed by atoms with Crippen molar-refractivity contribution in [1.82, 2.24) is 4.98 Å². The molecule has 3 heteroatoms. The van der Waals surface area contributed by atoms with Crippen LogP contribution in [0.3, 0.4) is 0 Å². The Labute approximate surface area is 96.5 Å². The van der Waals surface area contributed by atoms with E-state index in [9.17, 15) is 4.39 Å². The first-order valence-electron chi connectivity index (χ1n) is 5.83. The highest BCUT2D eigenvalue weighted by Crippen LogP contribution is 2.35. The quantitative estimate of drug-likeness (QED) is 0.679. The zero-order valence-electron chi connectivity index (χ0n) is 10.2. The number of hydrogen-bond donors (Lipinski definition) is 0. The molecule has 0 radical (unpaired) electrons. The summed E-state index contributed by atoms with van der Waals surface area (Å²) in [6.07, 6.45) is 2.72. The molecule has 0 amide bonds. The van der Waals surface area contributed by atoms with E-state index in [1.54, 1.807) is 0 Å². The summed E-state index contributed by atoms with van der Waals surface area (Å²) in [5.41, 5.74) is 1.29. The fourth-order valence-corrected chi connectivity index (χ4v) is 2.29. The number of nitrogens with zero attached hydrogens (tertiary/aromatic N) is 2. The van der Waals surface area contributed by atoms with Gasteiger partial charge in [0.1, 0.15) is 0 Å². The Bertz CT molecular complexity index is 370. The molecule has 1 atom stereocenters. The standard InChI is InChI=1S/C13H19FN2/c1-13(2,3)10-5-7-16(9-10)11-4-6-15-12(14)8-11/h4,6,8,10H,5,7,9H2,1-3H3. The van der Waals surface area contributed by atoms with Crippen LogP contribution in [0.25, 0.3) is 0 Å². The normalized spacial score (nSPS) is 21.5. The van der Waals surface area contributed by atoms with Crippen LogP contribution in [0, 0.1) is 17.3 Å². The van der Waals surface area contributed by atoms with Crippen LogP contribution < -0.4 is 4.90 Å². The fourth-order valence-electron chi connectivity index (χ4n) is 2.29. The summed E-state index contributed by atoms with van der Waals surface area (Å²) in [4.78, 5) is 5.84. The second kappa shape index (κ2) is 4.04. The van der Waals surface area contributed by atoms with E-state index in [0.717, 1.165) is 18.8 Å². The van der Waals surface area contributed by atoms with Crippen LogP contribution in [0.2, 0.25) is 0 Å². The molecule has 2 heterocycles. The number of pyridine rings is 1. The Morgan fingerprint density at radius 2 is 2.19 bits per heavy atom. The first-order valence-corrected chi connectivity index (χ1v) is 5.83. The predicted molar refractivity (Wildman–Crippen MR) is 64.0 cm³/mol. The molecule has 1 unspecified atom stereocenters. The number of anilines is 1. The summed E-state index contributed by atoms with van der Waals surface area (Å²) in [6, 6.07) is 3.40. The van der Waals surface area contributed by atoms with Gasteiger partial charge >= 0.3 is 0 Å². The van der Waals surface area contributed by atoms with Crippen molar-refractivity contribution in [3.8, 4) is 0 Å². The molecule has 0 aliphatic carbocycles. The van der Waals surface area contributed by atoms with Gasteiger partial charge in [-0.15, -0.1) is 0 Å². The smallest absolute Gasteiger partial charge is 0.214 e. The lowest BCUT2D eigenvalue weighted by Crippen LogP contribution is -2.25. The maximum Gasteiger partial charge on any atom is 0.214 e. The average molecular weight is 222 g/mol. The highest BCUT2D eigenvalue weighted by Gasteiger charge is 2.31. The number of rotatable bonds is 1. The van der Waals surface area contributed by atoms with Crippen LogP contribution in [0.5, 0.6) is 0 Å². The molecule has 1 aromatic rings. The molecule has 0 N–H and O–H groups in total. The lowest BCUT2D eigenvalue weighted by molar-refractivity contribution is 0.263. The molecule has 2 rings (SSSR count). The molecule has 16 heavy (non-hydrogen) atoms. The van der Waals surface area contributed by atoms with E-state index in [0.29, 0.717) is 11.3 Å². The van der Waals surface area contributed by atoms with E-state index < -0.39 is 5.95 Å². The van der Waals surface area contributed by atoms with Gasteiger partial charge in [-0.05, 0) is 23.8 Å². The predicted octanol–water partition coefficient (Wildman–Crippen LogP) is 3.09. The van der Waals surface area contributed by atoms with E-state index in [-0.39, 0.29) is 0 Å². The lowest BCUT2D eigenvalue weighted by atomic mass is 9.80. The molecule has 0 saturated carbocycles. The Morgan fingerprint density at radius 1 is 1.44 bits per heavy atom. The Morgan fingerprint density at radius 3 is 2.75 bits per heavy atom. The van der Waals surface area contributed by atoms with Crippen LogP contribution in [-0.2, 0) is 0 Å². The van der Waals surface area contributed by atoms with Crippen molar-refractivity contribution >= 4 is 5.69 Å². The zero-order valence-corrected chi connectivity index (χ0v) is 10.2. The molecule has 2 nitrogen and oxygen atoms in total. The third-order valence-corrected chi connectivity index (χ3v) is 3.49. The van der Waals surface area contributed by atoms with Gasteiger partial charge in [0.15, 0.2) is 0 Å². The molecule has 1 saturated heterocycles. The summed E-state index contributed by atoms with van der Waals surface area (Å²) in [7, 11) is 0. The van der Waals surface area contributed by atoms with Crippen LogP contribution in [0.1, 0.15) is 27.2 Å². The van der Waals surface area contributed by atoms with Crippen molar-refractivity contribution in [2.75, 3.05) is 18.0 Å². The van der Waals surface area contributed by atoms with Gasteiger partial charge in [-0.25, -0.2) is 4.98 Å². The molecule has 0 aromatic carbocycles. The third kappa shape index (κ3) is 2.34. The van der Waals surface area contributed by atoms with Gasteiger partial charge < -0.3 is 4.90 Å². The van der Waals surface area contributed by atoms with E-state index in [4.69, 9.17) is 0 Å². The summed E-state index contributed by atoms with van der Waals surface area (Å²) in [5.74, 6) is 0.292. The molecule has 1 aromatic heterocycles. The maximum absolute atomic E-state index is 13.0. The van der Waals surface area contributed by atoms with Gasteiger partial charge in [0.05, 0.1) is 0 Å². The van der Waals surface area contributed by atoms with E-state index in [1.165, 1.54) is 18.7 Å². The minimum Gasteiger partial charge on any atom is -0.371 e. The first kappa shape index (κ1) is 11.4. The van der Waals surface area contributed by atoms with Gasteiger partial charge in [0.2, 0.25) is 5.95 Å².